The molecule has 0 fully saturated rings. The molecule has 1 aromatic carbocycles. The molecule has 18 heavy (non-hydrogen) atoms. The van der Waals surface area contributed by atoms with Gasteiger partial charge in [0, 0.05) is 4.47 Å². The Bertz CT molecular complexity index is 466. The van der Waals surface area contributed by atoms with Gasteiger partial charge >= 0.3 is 5.97 Å². The van der Waals surface area contributed by atoms with Gasteiger partial charge in [-0.2, -0.15) is 0 Å². The van der Waals surface area contributed by atoms with Gasteiger partial charge in [0.25, 0.3) is 5.91 Å². The van der Waals surface area contributed by atoms with Crippen LogP contribution in [0.1, 0.15) is 6.92 Å². The van der Waals surface area contributed by atoms with Crippen molar-refractivity contribution >= 4 is 39.4 Å². The van der Waals surface area contributed by atoms with Gasteiger partial charge in [0.2, 0.25) is 0 Å². The van der Waals surface area contributed by atoms with Gasteiger partial charge in [-0.15, -0.1) is 0 Å². The Balaban J connectivity index is 2.50. The first-order valence-electron chi connectivity index (χ1n) is 5.00. The summed E-state index contributed by atoms with van der Waals surface area (Å²) in [5.41, 5.74) is 0. The number of rotatable bonds is 5. The van der Waals surface area contributed by atoms with E-state index >= 15 is 0 Å². The van der Waals surface area contributed by atoms with Gasteiger partial charge in [-0.25, -0.2) is 0 Å². The smallest absolute Gasteiger partial charge is 0.325 e. The quantitative estimate of drug-likeness (QED) is 0.863. The Kier molecular flexibility index (Phi) is 5.43. The third kappa shape index (κ3) is 4.54. The van der Waals surface area contributed by atoms with E-state index in [2.05, 4.69) is 21.2 Å². The summed E-state index contributed by atoms with van der Waals surface area (Å²) in [5.74, 6) is -1.27. The molecule has 0 radical (unpaired) electrons. The molecule has 0 unspecified atom stereocenters. The molecular weight excluding hydrogens is 325 g/mol. The molecule has 5 nitrogen and oxygen atoms in total. The highest BCUT2D eigenvalue weighted by Crippen LogP contribution is 2.27. The Labute approximate surface area is 117 Å². The fourth-order valence-electron chi connectivity index (χ4n) is 1.08. The second-order valence-corrected chi connectivity index (χ2v) is 4.81. The number of carbonyl (C=O) groups excluding carboxylic acids is 1. The molecule has 7 heteroatoms. The van der Waals surface area contributed by atoms with Crippen LogP contribution in [0.25, 0.3) is 0 Å². The first-order valence-corrected chi connectivity index (χ1v) is 6.17. The van der Waals surface area contributed by atoms with Crippen molar-refractivity contribution in [2.24, 2.45) is 0 Å². The number of carboxylic acid groups (broad SMARTS) is 1. The van der Waals surface area contributed by atoms with Crippen LogP contribution in [-0.4, -0.2) is 29.6 Å². The van der Waals surface area contributed by atoms with Gasteiger partial charge in [-0.3, -0.25) is 9.59 Å². The molecule has 1 rings (SSSR count). The summed E-state index contributed by atoms with van der Waals surface area (Å²) in [6.45, 7) is 1.08. The number of benzene rings is 1. The van der Waals surface area contributed by atoms with Crippen molar-refractivity contribution in [3.05, 3.63) is 27.7 Å². The first-order chi connectivity index (χ1) is 8.40. The zero-order valence-corrected chi connectivity index (χ0v) is 11.8. The molecule has 98 valence electrons. The Morgan fingerprint density at radius 1 is 1.56 bits per heavy atom. The number of nitrogens with one attached hydrogen (secondary N) is 1. The number of ether oxygens (including phenoxy) is 1. The van der Waals surface area contributed by atoms with E-state index < -0.39 is 17.9 Å². The SMILES string of the molecule is C[C@@H](NC(=O)COc1ccc(Br)cc1Cl)C(=O)O. The van der Waals surface area contributed by atoms with Crippen molar-refractivity contribution in [1.82, 2.24) is 5.32 Å². The molecule has 0 aromatic heterocycles. The van der Waals surface area contributed by atoms with E-state index in [1.807, 2.05) is 0 Å². The number of carboxylic acids is 1. The maximum atomic E-state index is 11.4. The van der Waals surface area contributed by atoms with Gasteiger partial charge in [0.1, 0.15) is 11.8 Å². The molecule has 2 N–H and O–H groups in total. The summed E-state index contributed by atoms with van der Waals surface area (Å²) in [6, 6.07) is 4.01. The molecule has 0 spiro atoms. The van der Waals surface area contributed by atoms with Crippen LogP contribution in [-0.2, 0) is 9.59 Å². The second-order valence-electron chi connectivity index (χ2n) is 3.49. The Hall–Kier alpha value is -1.27. The molecule has 0 aliphatic rings. The van der Waals surface area contributed by atoms with Crippen LogP contribution < -0.4 is 10.1 Å². The van der Waals surface area contributed by atoms with Gasteiger partial charge in [-0.1, -0.05) is 27.5 Å². The molecule has 0 aliphatic heterocycles. The van der Waals surface area contributed by atoms with E-state index in [9.17, 15) is 9.59 Å². The summed E-state index contributed by atoms with van der Waals surface area (Å²) in [7, 11) is 0. The zero-order valence-electron chi connectivity index (χ0n) is 9.44. The summed E-state index contributed by atoms with van der Waals surface area (Å²) >= 11 is 9.13. The van der Waals surface area contributed by atoms with E-state index in [4.69, 9.17) is 21.4 Å². The van der Waals surface area contributed by atoms with Crippen LogP contribution in [0.15, 0.2) is 22.7 Å². The minimum Gasteiger partial charge on any atom is -0.482 e. The number of amides is 1. The lowest BCUT2D eigenvalue weighted by atomic mass is 10.3. The van der Waals surface area contributed by atoms with Gasteiger partial charge in [0.15, 0.2) is 6.61 Å². The highest BCUT2D eigenvalue weighted by atomic mass is 79.9. The van der Waals surface area contributed by atoms with Crippen LogP contribution in [0, 0.1) is 0 Å². The molecule has 1 atom stereocenters. The fraction of sp³-hybridized carbons (Fsp3) is 0.273. The van der Waals surface area contributed by atoms with Crippen LogP contribution in [0.4, 0.5) is 0 Å². The maximum Gasteiger partial charge on any atom is 0.325 e. The predicted octanol–water partition coefficient (Wildman–Crippen LogP) is 2.07. The number of carbonyl (C=O) groups is 2. The van der Waals surface area contributed by atoms with E-state index in [0.717, 1.165) is 4.47 Å². The monoisotopic (exact) mass is 335 g/mol. The minimum atomic E-state index is -1.11. The lowest BCUT2D eigenvalue weighted by molar-refractivity contribution is -0.141. The van der Waals surface area contributed by atoms with E-state index in [1.165, 1.54) is 6.92 Å². The predicted molar refractivity (Wildman–Crippen MR) is 69.9 cm³/mol. The fourth-order valence-corrected chi connectivity index (χ4v) is 1.81. The molecular formula is C11H11BrClNO4. The highest BCUT2D eigenvalue weighted by Gasteiger charge is 2.14. The van der Waals surface area contributed by atoms with Crippen LogP contribution in [0.2, 0.25) is 5.02 Å². The Morgan fingerprint density at radius 3 is 2.78 bits per heavy atom. The largest absolute Gasteiger partial charge is 0.482 e. The lowest BCUT2D eigenvalue weighted by Gasteiger charge is -2.11. The van der Waals surface area contributed by atoms with Crippen LogP contribution >= 0.6 is 27.5 Å². The highest BCUT2D eigenvalue weighted by molar-refractivity contribution is 9.10. The molecule has 0 saturated carbocycles. The summed E-state index contributed by atoms with van der Waals surface area (Å²) in [4.78, 5) is 21.9. The minimum absolute atomic E-state index is 0.293. The number of aliphatic carboxylic acids is 1. The third-order valence-electron chi connectivity index (χ3n) is 2.00. The topological polar surface area (TPSA) is 75.6 Å². The average Bonchev–Trinajstić information content (AvgIpc) is 2.27. The second kappa shape index (κ2) is 6.61. The number of halogens is 2. The molecule has 1 amide bonds. The van der Waals surface area contributed by atoms with Crippen LogP contribution in [0.3, 0.4) is 0 Å². The third-order valence-corrected chi connectivity index (χ3v) is 2.79. The lowest BCUT2D eigenvalue weighted by Crippen LogP contribution is -2.40. The van der Waals surface area contributed by atoms with Crippen LogP contribution in [0.5, 0.6) is 5.75 Å². The van der Waals surface area contributed by atoms with E-state index in [-0.39, 0.29) is 6.61 Å². The molecule has 0 aliphatic carbocycles. The molecule has 1 aromatic rings. The molecule has 0 heterocycles. The van der Waals surface area contributed by atoms with Crippen molar-refractivity contribution in [3.63, 3.8) is 0 Å². The maximum absolute atomic E-state index is 11.4. The van der Waals surface area contributed by atoms with Crippen molar-refractivity contribution in [1.29, 1.82) is 0 Å². The summed E-state index contributed by atoms with van der Waals surface area (Å²) < 4.78 is 5.97. The molecule has 0 bridgehead atoms. The van der Waals surface area contributed by atoms with Gasteiger partial charge in [-0.05, 0) is 25.1 Å². The Morgan fingerprint density at radius 2 is 2.22 bits per heavy atom. The van der Waals surface area contributed by atoms with Gasteiger partial charge in [0.05, 0.1) is 5.02 Å². The zero-order chi connectivity index (χ0) is 13.7. The van der Waals surface area contributed by atoms with Crippen molar-refractivity contribution in [3.8, 4) is 5.75 Å². The number of hydrogen-bond donors (Lipinski definition) is 2. The van der Waals surface area contributed by atoms with Crippen molar-refractivity contribution in [2.45, 2.75) is 13.0 Å². The first kappa shape index (κ1) is 14.8. The normalized spacial score (nSPS) is 11.7. The van der Waals surface area contributed by atoms with E-state index in [0.29, 0.717) is 10.8 Å². The van der Waals surface area contributed by atoms with Crippen molar-refractivity contribution in [2.75, 3.05) is 6.61 Å². The number of hydrogen-bond acceptors (Lipinski definition) is 3. The standard InChI is InChI=1S/C11H11BrClNO4/c1-6(11(16)17)14-10(15)5-18-9-3-2-7(12)4-8(9)13/h2-4,6H,5H2,1H3,(H,14,15)(H,16,17)/t6-/m1/s1. The molecule has 0 saturated heterocycles. The summed E-state index contributed by atoms with van der Waals surface area (Å²) in [5, 5.41) is 11.2. The van der Waals surface area contributed by atoms with E-state index in [1.54, 1.807) is 18.2 Å². The summed E-state index contributed by atoms with van der Waals surface area (Å²) in [6.07, 6.45) is 0. The van der Waals surface area contributed by atoms with Crippen molar-refractivity contribution < 1.29 is 19.4 Å². The average molecular weight is 337 g/mol. The van der Waals surface area contributed by atoms with Gasteiger partial charge < -0.3 is 15.2 Å².